The van der Waals surface area contributed by atoms with Gasteiger partial charge in [-0.05, 0) is 25.3 Å². The predicted molar refractivity (Wildman–Crippen MR) is 49.6 cm³/mol. The van der Waals surface area contributed by atoms with Gasteiger partial charge in [-0.3, -0.25) is 0 Å². The van der Waals surface area contributed by atoms with E-state index in [1.807, 2.05) is 0 Å². The fourth-order valence-corrected chi connectivity index (χ4v) is 3.75. The number of sulfone groups is 1. The summed E-state index contributed by atoms with van der Waals surface area (Å²) >= 11 is 0. The Morgan fingerprint density at radius 3 is 2.58 bits per heavy atom. The molecule has 0 amide bonds. The van der Waals surface area contributed by atoms with Gasteiger partial charge in [0.15, 0.2) is 9.84 Å². The molecule has 0 aromatic heterocycles. The van der Waals surface area contributed by atoms with Crippen LogP contribution in [0.3, 0.4) is 0 Å². The van der Waals surface area contributed by atoms with Crippen molar-refractivity contribution in [2.75, 3.05) is 12.3 Å². The first kappa shape index (κ1) is 9.99. The van der Waals surface area contributed by atoms with Crippen LogP contribution < -0.4 is 5.73 Å². The van der Waals surface area contributed by atoms with Crippen molar-refractivity contribution in [3.63, 3.8) is 0 Å². The highest BCUT2D eigenvalue weighted by Crippen LogP contribution is 2.30. The van der Waals surface area contributed by atoms with Gasteiger partial charge in [0, 0.05) is 5.75 Å². The molecule has 0 heterocycles. The van der Waals surface area contributed by atoms with Gasteiger partial charge in [-0.15, -0.1) is 0 Å². The molecule has 0 bridgehead atoms. The lowest BCUT2D eigenvalue weighted by Crippen LogP contribution is -2.31. The first-order valence-electron chi connectivity index (χ1n) is 4.53. The number of hydrogen-bond acceptors (Lipinski definition) is 3. The Balaban J connectivity index is 2.74. The van der Waals surface area contributed by atoms with Crippen molar-refractivity contribution in [3.8, 4) is 0 Å². The van der Waals surface area contributed by atoms with Crippen LogP contribution in [0.4, 0.5) is 0 Å². The molecule has 0 aromatic carbocycles. The summed E-state index contributed by atoms with van der Waals surface area (Å²) in [6.07, 6.45) is 2.82. The van der Waals surface area contributed by atoms with Gasteiger partial charge >= 0.3 is 0 Å². The maximum Gasteiger partial charge on any atom is 0.153 e. The van der Waals surface area contributed by atoms with Crippen LogP contribution in [0.1, 0.15) is 26.2 Å². The Kier molecular flexibility index (Phi) is 3.12. The van der Waals surface area contributed by atoms with Crippen LogP contribution in [0.25, 0.3) is 0 Å². The standard InChI is InChI=1S/C8H17NO2S/c1-2-12(10,11)8-5-3-4-7(8)6-9/h7-8H,2-6,9H2,1H3. The van der Waals surface area contributed by atoms with E-state index in [1.54, 1.807) is 6.92 Å². The number of nitrogens with two attached hydrogens (primary N) is 1. The van der Waals surface area contributed by atoms with Gasteiger partial charge in [-0.2, -0.15) is 0 Å². The average Bonchev–Trinajstić information content (AvgIpc) is 2.52. The molecule has 1 fully saturated rings. The topological polar surface area (TPSA) is 60.2 Å². The highest BCUT2D eigenvalue weighted by molar-refractivity contribution is 7.92. The van der Waals surface area contributed by atoms with E-state index in [4.69, 9.17) is 5.73 Å². The Hall–Kier alpha value is -0.0900. The van der Waals surface area contributed by atoms with Crippen molar-refractivity contribution in [2.24, 2.45) is 11.7 Å². The summed E-state index contributed by atoms with van der Waals surface area (Å²) in [5.41, 5.74) is 5.51. The molecule has 1 rings (SSSR count). The Morgan fingerprint density at radius 1 is 1.42 bits per heavy atom. The molecule has 1 saturated carbocycles. The first-order chi connectivity index (χ1) is 5.61. The van der Waals surface area contributed by atoms with Gasteiger partial charge in [0.2, 0.25) is 0 Å². The van der Waals surface area contributed by atoms with Gasteiger partial charge in [-0.25, -0.2) is 8.42 Å². The fraction of sp³-hybridized carbons (Fsp3) is 1.00. The second-order valence-electron chi connectivity index (χ2n) is 3.42. The maximum atomic E-state index is 11.5. The zero-order valence-electron chi connectivity index (χ0n) is 7.49. The van der Waals surface area contributed by atoms with E-state index in [1.165, 1.54) is 0 Å². The van der Waals surface area contributed by atoms with Crippen LogP contribution in [-0.4, -0.2) is 26.0 Å². The summed E-state index contributed by atoms with van der Waals surface area (Å²) in [4.78, 5) is 0. The molecule has 0 saturated heterocycles. The first-order valence-corrected chi connectivity index (χ1v) is 6.25. The molecule has 1 aliphatic rings. The molecule has 0 spiro atoms. The van der Waals surface area contributed by atoms with Crippen molar-refractivity contribution in [1.82, 2.24) is 0 Å². The van der Waals surface area contributed by atoms with Gasteiger partial charge in [0.1, 0.15) is 0 Å². The minimum Gasteiger partial charge on any atom is -0.330 e. The second-order valence-corrected chi connectivity index (χ2v) is 5.93. The molecular formula is C8H17NO2S. The number of hydrogen-bond donors (Lipinski definition) is 1. The second kappa shape index (κ2) is 3.75. The van der Waals surface area contributed by atoms with Crippen molar-refractivity contribution < 1.29 is 8.42 Å². The van der Waals surface area contributed by atoms with Gasteiger partial charge in [0.25, 0.3) is 0 Å². The minimum absolute atomic E-state index is 0.146. The lowest BCUT2D eigenvalue weighted by molar-refractivity contribution is 0.524. The molecule has 2 atom stereocenters. The van der Waals surface area contributed by atoms with Gasteiger partial charge in [0.05, 0.1) is 5.25 Å². The van der Waals surface area contributed by atoms with Crippen LogP contribution >= 0.6 is 0 Å². The minimum atomic E-state index is -2.84. The SMILES string of the molecule is CCS(=O)(=O)C1CCCC1CN. The van der Waals surface area contributed by atoms with Gasteiger partial charge < -0.3 is 5.73 Å². The smallest absolute Gasteiger partial charge is 0.153 e. The van der Waals surface area contributed by atoms with Crippen LogP contribution in [0.2, 0.25) is 0 Å². The van der Waals surface area contributed by atoms with Crippen LogP contribution in [0.15, 0.2) is 0 Å². The molecular weight excluding hydrogens is 174 g/mol. The third-order valence-corrected chi connectivity index (χ3v) is 5.10. The highest BCUT2D eigenvalue weighted by atomic mass is 32.2. The summed E-state index contributed by atoms with van der Waals surface area (Å²) in [6.45, 7) is 2.23. The Bertz CT molecular complexity index is 235. The van der Waals surface area contributed by atoms with E-state index in [9.17, 15) is 8.42 Å². The van der Waals surface area contributed by atoms with Crippen molar-refractivity contribution >= 4 is 9.84 Å². The molecule has 3 nitrogen and oxygen atoms in total. The highest BCUT2D eigenvalue weighted by Gasteiger charge is 2.34. The molecule has 0 aromatic rings. The third-order valence-electron chi connectivity index (χ3n) is 2.76. The third kappa shape index (κ3) is 1.80. The summed E-state index contributed by atoms with van der Waals surface area (Å²) in [5.74, 6) is 0.476. The lowest BCUT2D eigenvalue weighted by Gasteiger charge is -2.16. The molecule has 4 heteroatoms. The lowest BCUT2D eigenvalue weighted by atomic mass is 10.1. The van der Waals surface area contributed by atoms with Crippen molar-refractivity contribution in [3.05, 3.63) is 0 Å². The van der Waals surface area contributed by atoms with E-state index >= 15 is 0 Å². The van der Waals surface area contributed by atoms with Crippen molar-refractivity contribution in [2.45, 2.75) is 31.4 Å². The Morgan fingerprint density at radius 2 is 2.08 bits per heavy atom. The Labute approximate surface area is 74.3 Å². The van der Waals surface area contributed by atoms with Gasteiger partial charge in [-0.1, -0.05) is 13.3 Å². The molecule has 1 aliphatic carbocycles. The quantitative estimate of drug-likeness (QED) is 0.708. The summed E-state index contributed by atoms with van der Waals surface area (Å²) in [5, 5.41) is -0.146. The molecule has 2 N–H and O–H groups in total. The maximum absolute atomic E-state index is 11.5. The average molecular weight is 191 g/mol. The summed E-state index contributed by atoms with van der Waals surface area (Å²) in [6, 6.07) is 0. The molecule has 2 unspecified atom stereocenters. The molecule has 0 aliphatic heterocycles. The molecule has 0 radical (unpaired) electrons. The zero-order chi connectivity index (χ0) is 9.19. The monoisotopic (exact) mass is 191 g/mol. The summed E-state index contributed by atoms with van der Waals surface area (Å²) < 4.78 is 23.0. The van der Waals surface area contributed by atoms with Crippen LogP contribution in [0, 0.1) is 5.92 Å². The molecule has 12 heavy (non-hydrogen) atoms. The largest absolute Gasteiger partial charge is 0.330 e. The number of rotatable bonds is 3. The fourth-order valence-electron chi connectivity index (χ4n) is 1.96. The molecule has 72 valence electrons. The van der Waals surface area contributed by atoms with E-state index in [0.29, 0.717) is 6.54 Å². The van der Waals surface area contributed by atoms with E-state index in [-0.39, 0.29) is 16.9 Å². The van der Waals surface area contributed by atoms with Crippen LogP contribution in [-0.2, 0) is 9.84 Å². The van der Waals surface area contributed by atoms with E-state index < -0.39 is 9.84 Å². The predicted octanol–water partition coefficient (Wildman–Crippen LogP) is 0.549. The van der Waals surface area contributed by atoms with E-state index in [0.717, 1.165) is 19.3 Å². The zero-order valence-corrected chi connectivity index (χ0v) is 8.31. The van der Waals surface area contributed by atoms with Crippen molar-refractivity contribution in [1.29, 1.82) is 0 Å². The normalized spacial score (nSPS) is 30.8. The summed E-state index contributed by atoms with van der Waals surface area (Å²) in [7, 11) is -2.84. The van der Waals surface area contributed by atoms with E-state index in [2.05, 4.69) is 0 Å². The van der Waals surface area contributed by atoms with Crippen LogP contribution in [0.5, 0.6) is 0 Å².